The van der Waals surface area contributed by atoms with Gasteiger partial charge in [0, 0.05) is 27.4 Å². The van der Waals surface area contributed by atoms with Gasteiger partial charge in [0.25, 0.3) is 0 Å². The van der Waals surface area contributed by atoms with Gasteiger partial charge in [0.2, 0.25) is 0 Å². The minimum absolute atomic E-state index is 0.122. The van der Waals surface area contributed by atoms with Crippen molar-refractivity contribution in [1.29, 1.82) is 0 Å². The summed E-state index contributed by atoms with van der Waals surface area (Å²) in [4.78, 5) is 11.7. The van der Waals surface area contributed by atoms with Crippen molar-refractivity contribution in [3.8, 4) is 11.8 Å². The normalized spacial score (nSPS) is 9.27. The summed E-state index contributed by atoms with van der Waals surface area (Å²) in [5, 5.41) is 0. The number of carbonyl (C=O) groups is 1. The van der Waals surface area contributed by atoms with Gasteiger partial charge in [0.1, 0.15) is 0 Å². The summed E-state index contributed by atoms with van der Waals surface area (Å²) in [5.41, 5.74) is 0.719. The van der Waals surface area contributed by atoms with Crippen LogP contribution in [0.5, 0.6) is 0 Å². The summed E-state index contributed by atoms with van der Waals surface area (Å²) in [6.45, 7) is 1.78. The largest absolute Gasteiger partial charge is 0.294 e. The van der Waals surface area contributed by atoms with Crippen LogP contribution in [0.3, 0.4) is 0 Å². The van der Waals surface area contributed by atoms with Crippen LogP contribution in [0, 0.1) is 11.8 Å². The van der Waals surface area contributed by atoms with Gasteiger partial charge in [-0.25, -0.2) is 0 Å². The molecule has 0 amide bonds. The fourth-order valence-electron chi connectivity index (χ4n) is 1.15. The molecule has 1 aromatic rings. The second-order valence-electron chi connectivity index (χ2n) is 2.97. The Hall–Kier alpha value is -0.590. The topological polar surface area (TPSA) is 17.1 Å². The predicted molar refractivity (Wildman–Crippen MR) is 68.9 cm³/mol. The Labute approximate surface area is 107 Å². The Bertz CT molecular complexity index is 427. The molecule has 0 aliphatic heterocycles. The molecule has 1 nitrogen and oxygen atoms in total. The van der Waals surface area contributed by atoms with Crippen molar-refractivity contribution in [3.05, 3.63) is 32.7 Å². The average Bonchev–Trinajstić information content (AvgIpc) is 2.17. The first kappa shape index (κ1) is 12.5. The third-order valence-corrected chi connectivity index (χ3v) is 3.03. The second-order valence-corrected chi connectivity index (χ2v) is 4.74. The number of ketones is 1. The zero-order valence-electron chi connectivity index (χ0n) is 8.31. The molecule has 0 saturated carbocycles. The van der Waals surface area contributed by atoms with Crippen LogP contribution >= 0.6 is 31.9 Å². The number of hydrogen-bond donors (Lipinski definition) is 0. The molecule has 0 heterocycles. The quantitative estimate of drug-likeness (QED) is 0.600. The fraction of sp³-hybridized carbons (Fsp3) is 0.250. The molecule has 0 unspecified atom stereocenters. The van der Waals surface area contributed by atoms with E-state index in [1.54, 1.807) is 6.92 Å². The molecule has 1 aromatic carbocycles. The first-order valence-corrected chi connectivity index (χ1v) is 6.11. The Kier molecular flexibility index (Phi) is 5.07. The maximum atomic E-state index is 11.7. The van der Waals surface area contributed by atoms with Crippen LogP contribution in [0.1, 0.15) is 30.1 Å². The molecule has 3 heteroatoms. The van der Waals surface area contributed by atoms with E-state index in [0.717, 1.165) is 14.5 Å². The van der Waals surface area contributed by atoms with Crippen molar-refractivity contribution in [1.82, 2.24) is 0 Å². The van der Waals surface area contributed by atoms with E-state index >= 15 is 0 Å². The first-order chi connectivity index (χ1) is 7.15. The number of hydrogen-bond acceptors (Lipinski definition) is 1. The summed E-state index contributed by atoms with van der Waals surface area (Å²) in [6, 6.07) is 5.55. The first-order valence-electron chi connectivity index (χ1n) is 4.53. The van der Waals surface area contributed by atoms with Gasteiger partial charge in [0.15, 0.2) is 5.78 Å². The van der Waals surface area contributed by atoms with Gasteiger partial charge in [-0.3, -0.25) is 4.79 Å². The number of benzene rings is 1. The van der Waals surface area contributed by atoms with Crippen molar-refractivity contribution >= 4 is 37.6 Å². The van der Waals surface area contributed by atoms with Crippen molar-refractivity contribution in [2.45, 2.75) is 19.8 Å². The van der Waals surface area contributed by atoms with Crippen molar-refractivity contribution in [2.24, 2.45) is 0 Å². The van der Waals surface area contributed by atoms with Gasteiger partial charge >= 0.3 is 0 Å². The smallest absolute Gasteiger partial charge is 0.164 e. The third kappa shape index (κ3) is 3.81. The monoisotopic (exact) mass is 328 g/mol. The van der Waals surface area contributed by atoms with Gasteiger partial charge in [-0.2, -0.15) is 0 Å². The van der Waals surface area contributed by atoms with E-state index in [2.05, 4.69) is 43.7 Å². The molecule has 0 N–H and O–H groups in total. The lowest BCUT2D eigenvalue weighted by molar-refractivity contribution is 0.0983. The SMILES string of the molecule is CC#CCCC(=O)c1ccc(Br)cc1Br. The van der Waals surface area contributed by atoms with E-state index < -0.39 is 0 Å². The third-order valence-electron chi connectivity index (χ3n) is 1.89. The Morgan fingerprint density at radius 2 is 2.13 bits per heavy atom. The Balaban J connectivity index is 2.76. The molecule has 15 heavy (non-hydrogen) atoms. The molecule has 0 fully saturated rings. The molecule has 0 aliphatic rings. The minimum Gasteiger partial charge on any atom is -0.294 e. The molecule has 0 aliphatic carbocycles. The highest BCUT2D eigenvalue weighted by Gasteiger charge is 2.09. The summed E-state index contributed by atoms with van der Waals surface area (Å²) >= 11 is 6.72. The van der Waals surface area contributed by atoms with Gasteiger partial charge in [-0.15, -0.1) is 11.8 Å². The maximum Gasteiger partial charge on any atom is 0.164 e. The Morgan fingerprint density at radius 3 is 2.73 bits per heavy atom. The van der Waals surface area contributed by atoms with Gasteiger partial charge in [-0.1, -0.05) is 31.9 Å². The zero-order valence-corrected chi connectivity index (χ0v) is 11.5. The summed E-state index contributed by atoms with van der Waals surface area (Å²) in [5.74, 6) is 5.78. The molecule has 1 rings (SSSR count). The highest BCUT2D eigenvalue weighted by Crippen LogP contribution is 2.23. The van der Waals surface area contributed by atoms with E-state index in [1.807, 2.05) is 18.2 Å². The number of Topliss-reactive ketones (excluding diaryl/α,β-unsaturated/α-hetero) is 1. The standard InChI is InChI=1S/C12H10Br2O/c1-2-3-4-5-12(15)10-7-6-9(13)8-11(10)14/h6-8H,4-5H2,1H3. The number of halogens is 2. The van der Waals surface area contributed by atoms with Gasteiger partial charge in [-0.05, 0) is 25.1 Å². The molecule has 0 atom stereocenters. The molecule has 0 bridgehead atoms. The van der Waals surface area contributed by atoms with Crippen LogP contribution < -0.4 is 0 Å². The van der Waals surface area contributed by atoms with Crippen LogP contribution in [0.4, 0.5) is 0 Å². The molecule has 0 saturated heterocycles. The number of rotatable bonds is 3. The highest BCUT2D eigenvalue weighted by atomic mass is 79.9. The second kappa shape index (κ2) is 6.09. The molecular weight excluding hydrogens is 320 g/mol. The zero-order chi connectivity index (χ0) is 11.3. The highest BCUT2D eigenvalue weighted by molar-refractivity contribution is 9.11. The molecule has 0 radical (unpaired) electrons. The lowest BCUT2D eigenvalue weighted by Gasteiger charge is -2.02. The van der Waals surface area contributed by atoms with Crippen molar-refractivity contribution in [3.63, 3.8) is 0 Å². The molecule has 0 aromatic heterocycles. The van der Waals surface area contributed by atoms with E-state index in [1.165, 1.54) is 0 Å². The van der Waals surface area contributed by atoms with E-state index in [4.69, 9.17) is 0 Å². The van der Waals surface area contributed by atoms with Crippen LogP contribution in [0.2, 0.25) is 0 Å². The van der Waals surface area contributed by atoms with Crippen LogP contribution in [0.15, 0.2) is 27.1 Å². The molecule has 0 spiro atoms. The van der Waals surface area contributed by atoms with Crippen LogP contribution in [-0.2, 0) is 0 Å². The maximum absolute atomic E-state index is 11.7. The predicted octanol–water partition coefficient (Wildman–Crippen LogP) is 4.20. The van der Waals surface area contributed by atoms with Crippen LogP contribution in [-0.4, -0.2) is 5.78 Å². The number of carbonyl (C=O) groups excluding carboxylic acids is 1. The molecule has 78 valence electrons. The van der Waals surface area contributed by atoms with E-state index in [0.29, 0.717) is 12.8 Å². The van der Waals surface area contributed by atoms with E-state index in [-0.39, 0.29) is 5.78 Å². The van der Waals surface area contributed by atoms with Gasteiger partial charge < -0.3 is 0 Å². The fourth-order valence-corrected chi connectivity index (χ4v) is 2.42. The lowest BCUT2D eigenvalue weighted by atomic mass is 10.1. The van der Waals surface area contributed by atoms with E-state index in [9.17, 15) is 4.79 Å². The Morgan fingerprint density at radius 1 is 1.40 bits per heavy atom. The minimum atomic E-state index is 0.122. The van der Waals surface area contributed by atoms with Crippen LogP contribution in [0.25, 0.3) is 0 Å². The summed E-state index contributed by atoms with van der Waals surface area (Å²) in [7, 11) is 0. The molecular formula is C12H10Br2O. The van der Waals surface area contributed by atoms with Gasteiger partial charge in [0.05, 0.1) is 0 Å². The average molecular weight is 330 g/mol. The summed E-state index contributed by atoms with van der Waals surface area (Å²) in [6.07, 6.45) is 1.10. The lowest BCUT2D eigenvalue weighted by Crippen LogP contribution is -1.99. The van der Waals surface area contributed by atoms with Crippen molar-refractivity contribution < 1.29 is 4.79 Å². The van der Waals surface area contributed by atoms with Crippen molar-refractivity contribution in [2.75, 3.05) is 0 Å². The summed E-state index contributed by atoms with van der Waals surface area (Å²) < 4.78 is 1.78.